The maximum absolute atomic E-state index is 11.5. The van der Waals surface area contributed by atoms with Crippen molar-refractivity contribution in [2.45, 2.75) is 45.1 Å². The molecule has 1 fully saturated rings. The van der Waals surface area contributed by atoms with Gasteiger partial charge in [0.05, 0.1) is 0 Å². The second-order valence-electron chi connectivity index (χ2n) is 4.58. The third kappa shape index (κ3) is 4.94. The SMILES string of the molecule is CCCCC(=O)NC1CCN(CCN)CC1. The van der Waals surface area contributed by atoms with E-state index in [0.29, 0.717) is 12.5 Å². The molecule has 0 radical (unpaired) electrons. The molecular formula is C12H25N3O. The Hall–Kier alpha value is -0.610. The summed E-state index contributed by atoms with van der Waals surface area (Å²) in [5, 5.41) is 3.12. The molecule has 3 N–H and O–H groups in total. The number of nitrogens with one attached hydrogen (secondary N) is 1. The predicted octanol–water partition coefficient (Wildman–Crippen LogP) is 0.716. The van der Waals surface area contributed by atoms with E-state index in [1.807, 2.05) is 0 Å². The number of hydrogen-bond donors (Lipinski definition) is 2. The molecule has 0 spiro atoms. The number of carbonyl (C=O) groups excluding carboxylic acids is 1. The fraction of sp³-hybridized carbons (Fsp3) is 0.917. The van der Waals surface area contributed by atoms with Crippen LogP contribution in [0.4, 0.5) is 0 Å². The minimum atomic E-state index is 0.221. The molecule has 1 aliphatic rings. The van der Waals surface area contributed by atoms with E-state index in [0.717, 1.165) is 51.9 Å². The predicted molar refractivity (Wildman–Crippen MR) is 66.2 cm³/mol. The van der Waals surface area contributed by atoms with Crippen LogP contribution in [0, 0.1) is 0 Å². The van der Waals surface area contributed by atoms with Crippen LogP contribution in [0.5, 0.6) is 0 Å². The molecule has 0 aromatic heterocycles. The molecule has 0 aromatic carbocycles. The van der Waals surface area contributed by atoms with Crippen molar-refractivity contribution in [3.8, 4) is 0 Å². The molecule has 1 rings (SSSR count). The second-order valence-corrected chi connectivity index (χ2v) is 4.58. The lowest BCUT2D eigenvalue weighted by Crippen LogP contribution is -2.45. The van der Waals surface area contributed by atoms with Gasteiger partial charge in [0.2, 0.25) is 5.91 Å². The Kier molecular flexibility index (Phi) is 6.42. The van der Waals surface area contributed by atoms with E-state index in [9.17, 15) is 4.79 Å². The number of amides is 1. The average molecular weight is 227 g/mol. The molecule has 0 saturated carbocycles. The summed E-state index contributed by atoms with van der Waals surface area (Å²) in [5.74, 6) is 0.221. The van der Waals surface area contributed by atoms with Crippen LogP contribution >= 0.6 is 0 Å². The van der Waals surface area contributed by atoms with Gasteiger partial charge in [-0.05, 0) is 19.3 Å². The van der Waals surface area contributed by atoms with E-state index in [1.165, 1.54) is 0 Å². The standard InChI is InChI=1S/C12H25N3O/c1-2-3-4-12(16)14-11-5-8-15(9-6-11)10-7-13/h11H,2-10,13H2,1H3,(H,14,16). The van der Waals surface area contributed by atoms with Gasteiger partial charge in [-0.2, -0.15) is 0 Å². The largest absolute Gasteiger partial charge is 0.353 e. The summed E-state index contributed by atoms with van der Waals surface area (Å²) in [7, 11) is 0. The normalized spacial score (nSPS) is 18.6. The maximum atomic E-state index is 11.5. The molecule has 16 heavy (non-hydrogen) atoms. The van der Waals surface area contributed by atoms with Gasteiger partial charge in [-0.15, -0.1) is 0 Å². The Balaban J connectivity index is 2.14. The lowest BCUT2D eigenvalue weighted by molar-refractivity contribution is -0.122. The molecule has 1 aliphatic heterocycles. The summed E-state index contributed by atoms with van der Waals surface area (Å²) in [6.45, 7) is 5.95. The van der Waals surface area contributed by atoms with Crippen molar-refractivity contribution in [1.82, 2.24) is 10.2 Å². The topological polar surface area (TPSA) is 58.4 Å². The summed E-state index contributed by atoms with van der Waals surface area (Å²) < 4.78 is 0. The molecule has 0 unspecified atom stereocenters. The van der Waals surface area contributed by atoms with Crippen LogP contribution in [0.15, 0.2) is 0 Å². The molecular weight excluding hydrogens is 202 g/mol. The van der Waals surface area contributed by atoms with Crippen LogP contribution in [-0.2, 0) is 4.79 Å². The first-order chi connectivity index (χ1) is 7.76. The molecule has 1 saturated heterocycles. The van der Waals surface area contributed by atoms with E-state index in [1.54, 1.807) is 0 Å². The number of carbonyl (C=O) groups is 1. The van der Waals surface area contributed by atoms with Gasteiger partial charge in [-0.25, -0.2) is 0 Å². The minimum Gasteiger partial charge on any atom is -0.353 e. The number of hydrogen-bond acceptors (Lipinski definition) is 3. The van der Waals surface area contributed by atoms with Crippen molar-refractivity contribution in [1.29, 1.82) is 0 Å². The Morgan fingerprint density at radius 2 is 2.12 bits per heavy atom. The molecule has 1 amide bonds. The Morgan fingerprint density at radius 3 is 2.69 bits per heavy atom. The van der Waals surface area contributed by atoms with E-state index in [4.69, 9.17) is 5.73 Å². The summed E-state index contributed by atoms with van der Waals surface area (Å²) in [5.41, 5.74) is 5.52. The Bertz CT molecular complexity index is 200. The molecule has 4 nitrogen and oxygen atoms in total. The first-order valence-corrected chi connectivity index (χ1v) is 6.48. The molecule has 0 aromatic rings. The van der Waals surface area contributed by atoms with Crippen LogP contribution in [-0.4, -0.2) is 43.0 Å². The van der Waals surface area contributed by atoms with Gasteiger partial charge in [0, 0.05) is 38.6 Å². The van der Waals surface area contributed by atoms with E-state index in [2.05, 4.69) is 17.1 Å². The zero-order valence-corrected chi connectivity index (χ0v) is 10.4. The fourth-order valence-electron chi connectivity index (χ4n) is 2.12. The van der Waals surface area contributed by atoms with Gasteiger partial charge in [-0.3, -0.25) is 4.79 Å². The van der Waals surface area contributed by atoms with Gasteiger partial charge in [0.15, 0.2) is 0 Å². The summed E-state index contributed by atoms with van der Waals surface area (Å²) in [6.07, 6.45) is 4.90. The van der Waals surface area contributed by atoms with Gasteiger partial charge in [0.1, 0.15) is 0 Å². The van der Waals surface area contributed by atoms with Gasteiger partial charge >= 0.3 is 0 Å². The molecule has 1 heterocycles. The second kappa shape index (κ2) is 7.63. The number of rotatable bonds is 6. The fourth-order valence-corrected chi connectivity index (χ4v) is 2.12. The number of nitrogens with two attached hydrogens (primary N) is 1. The Morgan fingerprint density at radius 1 is 1.44 bits per heavy atom. The van der Waals surface area contributed by atoms with Gasteiger partial charge in [0.25, 0.3) is 0 Å². The lowest BCUT2D eigenvalue weighted by Gasteiger charge is -2.32. The number of likely N-dealkylation sites (tertiary alicyclic amines) is 1. The highest BCUT2D eigenvalue weighted by Crippen LogP contribution is 2.10. The quantitative estimate of drug-likeness (QED) is 0.703. The zero-order chi connectivity index (χ0) is 11.8. The third-order valence-electron chi connectivity index (χ3n) is 3.16. The monoisotopic (exact) mass is 227 g/mol. The highest BCUT2D eigenvalue weighted by molar-refractivity contribution is 5.76. The van der Waals surface area contributed by atoms with Crippen LogP contribution in [0.3, 0.4) is 0 Å². The maximum Gasteiger partial charge on any atom is 0.220 e. The molecule has 4 heteroatoms. The van der Waals surface area contributed by atoms with Crippen molar-refractivity contribution in [3.05, 3.63) is 0 Å². The number of piperidine rings is 1. The number of unbranched alkanes of at least 4 members (excludes halogenated alkanes) is 1. The first-order valence-electron chi connectivity index (χ1n) is 6.48. The third-order valence-corrected chi connectivity index (χ3v) is 3.16. The molecule has 0 atom stereocenters. The van der Waals surface area contributed by atoms with E-state index in [-0.39, 0.29) is 5.91 Å². The summed E-state index contributed by atoms with van der Waals surface area (Å²) >= 11 is 0. The average Bonchev–Trinajstić information content (AvgIpc) is 2.29. The van der Waals surface area contributed by atoms with E-state index < -0.39 is 0 Å². The van der Waals surface area contributed by atoms with Crippen molar-refractivity contribution in [3.63, 3.8) is 0 Å². The highest BCUT2D eigenvalue weighted by Gasteiger charge is 2.19. The van der Waals surface area contributed by atoms with Crippen LogP contribution < -0.4 is 11.1 Å². The van der Waals surface area contributed by atoms with Crippen molar-refractivity contribution < 1.29 is 4.79 Å². The zero-order valence-electron chi connectivity index (χ0n) is 10.4. The van der Waals surface area contributed by atoms with Crippen molar-refractivity contribution in [2.24, 2.45) is 5.73 Å². The van der Waals surface area contributed by atoms with Crippen LogP contribution in [0.2, 0.25) is 0 Å². The van der Waals surface area contributed by atoms with Gasteiger partial charge in [-0.1, -0.05) is 13.3 Å². The summed E-state index contributed by atoms with van der Waals surface area (Å²) in [6, 6.07) is 0.387. The van der Waals surface area contributed by atoms with Crippen LogP contribution in [0.25, 0.3) is 0 Å². The van der Waals surface area contributed by atoms with Crippen molar-refractivity contribution in [2.75, 3.05) is 26.2 Å². The summed E-state index contributed by atoms with van der Waals surface area (Å²) in [4.78, 5) is 13.9. The lowest BCUT2D eigenvalue weighted by atomic mass is 10.0. The van der Waals surface area contributed by atoms with E-state index >= 15 is 0 Å². The minimum absolute atomic E-state index is 0.221. The first kappa shape index (κ1) is 13.5. The highest BCUT2D eigenvalue weighted by atomic mass is 16.1. The molecule has 0 aliphatic carbocycles. The van der Waals surface area contributed by atoms with Gasteiger partial charge < -0.3 is 16.0 Å². The molecule has 94 valence electrons. The smallest absolute Gasteiger partial charge is 0.220 e. The van der Waals surface area contributed by atoms with Crippen molar-refractivity contribution >= 4 is 5.91 Å². The van der Waals surface area contributed by atoms with Crippen LogP contribution in [0.1, 0.15) is 39.0 Å². The molecule has 0 bridgehead atoms. The Labute approximate surface area is 98.6 Å². The number of nitrogens with zero attached hydrogens (tertiary/aromatic N) is 1.